The second-order valence-electron chi connectivity index (χ2n) is 5.09. The molecule has 1 aromatic rings. The van der Waals surface area contributed by atoms with Crippen molar-refractivity contribution in [2.75, 3.05) is 0 Å². The molecule has 1 aliphatic carbocycles. The molecule has 2 N–H and O–H groups in total. The van der Waals surface area contributed by atoms with Gasteiger partial charge in [-0.15, -0.1) is 0 Å². The van der Waals surface area contributed by atoms with Gasteiger partial charge in [-0.3, -0.25) is 9.59 Å². The van der Waals surface area contributed by atoms with Crippen LogP contribution in [0.25, 0.3) is 0 Å². The van der Waals surface area contributed by atoms with Crippen LogP contribution in [0.2, 0.25) is 0 Å². The van der Waals surface area contributed by atoms with Gasteiger partial charge in [0.15, 0.2) is 0 Å². The molecule has 19 heavy (non-hydrogen) atoms. The van der Waals surface area contributed by atoms with E-state index in [1.54, 1.807) is 6.07 Å². The van der Waals surface area contributed by atoms with Crippen molar-refractivity contribution in [3.63, 3.8) is 0 Å². The molecular formula is C14H16BrNO3. The van der Waals surface area contributed by atoms with Crippen LogP contribution in [0.15, 0.2) is 22.7 Å². The number of carbonyl (C=O) groups excluding carboxylic acids is 1. The number of amides is 1. The van der Waals surface area contributed by atoms with Crippen LogP contribution in [-0.4, -0.2) is 22.5 Å². The van der Waals surface area contributed by atoms with E-state index in [4.69, 9.17) is 5.11 Å². The highest BCUT2D eigenvalue weighted by Crippen LogP contribution is 2.35. The van der Waals surface area contributed by atoms with Gasteiger partial charge in [0.2, 0.25) is 0 Å². The van der Waals surface area contributed by atoms with Gasteiger partial charge in [0.25, 0.3) is 5.91 Å². The molecule has 0 spiro atoms. The maximum absolute atomic E-state index is 12.3. The summed E-state index contributed by atoms with van der Waals surface area (Å²) in [7, 11) is 0. The second kappa shape index (κ2) is 5.33. The van der Waals surface area contributed by atoms with Crippen molar-refractivity contribution >= 4 is 27.8 Å². The van der Waals surface area contributed by atoms with Gasteiger partial charge in [-0.05, 0) is 53.7 Å². The zero-order valence-corrected chi connectivity index (χ0v) is 12.3. The summed E-state index contributed by atoms with van der Waals surface area (Å²) in [5, 5.41) is 11.8. The molecule has 0 saturated heterocycles. The van der Waals surface area contributed by atoms with Crippen LogP contribution in [0.4, 0.5) is 0 Å². The van der Waals surface area contributed by atoms with Gasteiger partial charge in [-0.2, -0.15) is 0 Å². The monoisotopic (exact) mass is 325 g/mol. The molecule has 0 heterocycles. The number of hydrogen-bond donors (Lipinski definition) is 2. The number of halogens is 1. The van der Waals surface area contributed by atoms with Crippen molar-refractivity contribution in [1.82, 2.24) is 5.32 Å². The Balaban J connectivity index is 2.16. The molecule has 2 rings (SSSR count). The molecule has 0 radical (unpaired) electrons. The Morgan fingerprint density at radius 1 is 1.42 bits per heavy atom. The van der Waals surface area contributed by atoms with Gasteiger partial charge in [0.1, 0.15) is 0 Å². The van der Waals surface area contributed by atoms with E-state index < -0.39 is 11.5 Å². The molecule has 5 heteroatoms. The maximum Gasteiger partial charge on any atom is 0.305 e. The quantitative estimate of drug-likeness (QED) is 0.894. The van der Waals surface area contributed by atoms with Crippen LogP contribution < -0.4 is 5.32 Å². The van der Waals surface area contributed by atoms with Crippen LogP contribution in [-0.2, 0) is 4.79 Å². The lowest BCUT2D eigenvalue weighted by molar-refractivity contribution is -0.139. The normalized spacial score (nSPS) is 16.5. The van der Waals surface area contributed by atoms with Crippen molar-refractivity contribution in [2.45, 2.75) is 38.1 Å². The molecular weight excluding hydrogens is 310 g/mol. The van der Waals surface area contributed by atoms with Crippen LogP contribution in [0, 0.1) is 6.92 Å². The fourth-order valence-electron chi connectivity index (χ4n) is 2.37. The fraction of sp³-hybridized carbons (Fsp3) is 0.429. The van der Waals surface area contributed by atoms with E-state index in [1.807, 2.05) is 19.1 Å². The largest absolute Gasteiger partial charge is 0.481 e. The Kier molecular flexibility index (Phi) is 3.94. The van der Waals surface area contributed by atoms with E-state index in [0.717, 1.165) is 29.3 Å². The summed E-state index contributed by atoms with van der Waals surface area (Å²) in [5.41, 5.74) is 0.969. The number of aryl methyl sites for hydroxylation is 1. The highest BCUT2D eigenvalue weighted by molar-refractivity contribution is 9.10. The van der Waals surface area contributed by atoms with E-state index >= 15 is 0 Å². The maximum atomic E-state index is 12.3. The lowest BCUT2D eigenvalue weighted by atomic mass is 9.74. The molecule has 1 fully saturated rings. The first-order chi connectivity index (χ1) is 8.93. The number of carboxylic acid groups (broad SMARTS) is 1. The summed E-state index contributed by atoms with van der Waals surface area (Å²) >= 11 is 3.40. The first-order valence-corrected chi connectivity index (χ1v) is 7.02. The molecule has 0 unspecified atom stereocenters. The zero-order valence-electron chi connectivity index (χ0n) is 10.7. The Morgan fingerprint density at radius 2 is 2.11 bits per heavy atom. The minimum absolute atomic E-state index is 0.0117. The number of nitrogens with one attached hydrogen (secondary N) is 1. The minimum Gasteiger partial charge on any atom is -0.481 e. The number of benzene rings is 1. The number of carbonyl (C=O) groups is 2. The second-order valence-corrected chi connectivity index (χ2v) is 5.89. The Hall–Kier alpha value is -1.36. The van der Waals surface area contributed by atoms with Crippen molar-refractivity contribution < 1.29 is 14.7 Å². The van der Waals surface area contributed by atoms with Gasteiger partial charge in [-0.25, -0.2) is 0 Å². The Bertz CT molecular complexity index is 523. The molecule has 0 bridgehead atoms. The van der Waals surface area contributed by atoms with Crippen LogP contribution in [0.3, 0.4) is 0 Å². The third-order valence-corrected chi connectivity index (χ3v) is 4.67. The predicted molar refractivity (Wildman–Crippen MR) is 75.2 cm³/mol. The summed E-state index contributed by atoms with van der Waals surface area (Å²) in [6.07, 6.45) is 2.41. The number of rotatable bonds is 4. The molecule has 0 aromatic heterocycles. The zero-order chi connectivity index (χ0) is 14.0. The molecule has 0 aliphatic heterocycles. The lowest BCUT2D eigenvalue weighted by Gasteiger charge is -2.41. The molecule has 1 saturated carbocycles. The van der Waals surface area contributed by atoms with Crippen molar-refractivity contribution in [3.05, 3.63) is 33.8 Å². The summed E-state index contributed by atoms with van der Waals surface area (Å²) < 4.78 is 0.761. The highest BCUT2D eigenvalue weighted by Gasteiger charge is 2.40. The molecule has 1 aromatic carbocycles. The molecule has 4 nitrogen and oxygen atoms in total. The van der Waals surface area contributed by atoms with E-state index in [2.05, 4.69) is 21.2 Å². The number of carboxylic acids is 1. The SMILES string of the molecule is Cc1cccc(C(=O)NC2(CC(=O)O)CCC2)c1Br. The van der Waals surface area contributed by atoms with E-state index in [0.29, 0.717) is 5.56 Å². The average molecular weight is 326 g/mol. The van der Waals surface area contributed by atoms with Crippen LogP contribution in [0.1, 0.15) is 41.6 Å². The topological polar surface area (TPSA) is 66.4 Å². The van der Waals surface area contributed by atoms with E-state index in [-0.39, 0.29) is 12.3 Å². The van der Waals surface area contributed by atoms with Gasteiger partial charge in [0.05, 0.1) is 17.5 Å². The Labute approximate surface area is 120 Å². The summed E-state index contributed by atoms with van der Waals surface area (Å²) in [6.45, 7) is 1.91. The molecule has 1 aliphatic rings. The first kappa shape index (κ1) is 14.1. The van der Waals surface area contributed by atoms with Gasteiger partial charge in [-0.1, -0.05) is 12.1 Å². The number of hydrogen-bond acceptors (Lipinski definition) is 2. The molecule has 102 valence electrons. The van der Waals surface area contributed by atoms with Gasteiger partial charge >= 0.3 is 5.97 Å². The fourth-order valence-corrected chi connectivity index (χ4v) is 2.81. The first-order valence-electron chi connectivity index (χ1n) is 6.23. The minimum atomic E-state index is -0.872. The van der Waals surface area contributed by atoms with Crippen molar-refractivity contribution in [3.8, 4) is 0 Å². The summed E-state index contributed by atoms with van der Waals surface area (Å²) in [5.74, 6) is -1.08. The molecule has 0 atom stereocenters. The van der Waals surface area contributed by atoms with Gasteiger partial charge < -0.3 is 10.4 Å². The number of aliphatic carboxylic acids is 1. The van der Waals surface area contributed by atoms with Gasteiger partial charge in [0, 0.05) is 4.47 Å². The Morgan fingerprint density at radius 3 is 2.63 bits per heavy atom. The average Bonchev–Trinajstić information content (AvgIpc) is 2.29. The summed E-state index contributed by atoms with van der Waals surface area (Å²) in [6, 6.07) is 5.47. The standard InChI is InChI=1S/C14H16BrNO3/c1-9-4-2-5-10(12(9)15)13(19)16-14(6-3-7-14)8-11(17)18/h2,4-5H,3,6-8H2,1H3,(H,16,19)(H,17,18). The highest BCUT2D eigenvalue weighted by atomic mass is 79.9. The van der Waals surface area contributed by atoms with Crippen LogP contribution >= 0.6 is 15.9 Å². The molecule has 1 amide bonds. The third-order valence-electron chi connectivity index (χ3n) is 3.62. The lowest BCUT2D eigenvalue weighted by Crippen LogP contribution is -2.54. The van der Waals surface area contributed by atoms with Crippen molar-refractivity contribution in [1.29, 1.82) is 0 Å². The van der Waals surface area contributed by atoms with Crippen molar-refractivity contribution in [2.24, 2.45) is 0 Å². The smallest absolute Gasteiger partial charge is 0.305 e. The van der Waals surface area contributed by atoms with E-state index in [1.165, 1.54) is 0 Å². The third kappa shape index (κ3) is 2.97. The van der Waals surface area contributed by atoms with Crippen LogP contribution in [0.5, 0.6) is 0 Å². The van der Waals surface area contributed by atoms with E-state index in [9.17, 15) is 9.59 Å². The summed E-state index contributed by atoms with van der Waals surface area (Å²) in [4.78, 5) is 23.2. The predicted octanol–water partition coefficient (Wildman–Crippen LogP) is 2.88.